The lowest BCUT2D eigenvalue weighted by molar-refractivity contribution is -0.385. The minimum Gasteiger partial charge on any atom is -0.335 e. The van der Waals surface area contributed by atoms with E-state index in [2.05, 4.69) is 0 Å². The van der Waals surface area contributed by atoms with E-state index in [-0.39, 0.29) is 28.2 Å². The number of nitrogens with zero attached hydrogens (tertiary/aromatic N) is 2. The summed E-state index contributed by atoms with van der Waals surface area (Å²) in [4.78, 5) is 24.9. The molecule has 0 aromatic heterocycles. The van der Waals surface area contributed by atoms with Gasteiger partial charge in [0.15, 0.2) is 0 Å². The molecule has 0 spiro atoms. The van der Waals surface area contributed by atoms with Crippen LogP contribution in [-0.2, 0) is 0 Å². The molecule has 21 heavy (non-hydrogen) atoms. The van der Waals surface area contributed by atoms with Gasteiger partial charge in [-0.05, 0) is 38.3 Å². The second-order valence-corrected chi connectivity index (χ2v) is 5.78. The summed E-state index contributed by atoms with van der Waals surface area (Å²) in [6.45, 7) is 2.95. The van der Waals surface area contributed by atoms with Crippen molar-refractivity contribution in [3.63, 3.8) is 0 Å². The maximum atomic E-state index is 12.7. The van der Waals surface area contributed by atoms with E-state index >= 15 is 0 Å². The molecule has 0 saturated carbocycles. The van der Waals surface area contributed by atoms with Gasteiger partial charge >= 0.3 is 0 Å². The van der Waals surface area contributed by atoms with Crippen molar-refractivity contribution in [1.29, 1.82) is 0 Å². The highest BCUT2D eigenvalue weighted by Crippen LogP contribution is 2.30. The Labute approximate surface area is 128 Å². The van der Waals surface area contributed by atoms with Gasteiger partial charge in [-0.25, -0.2) is 0 Å². The van der Waals surface area contributed by atoms with Gasteiger partial charge in [-0.2, -0.15) is 0 Å². The standard InChI is InChI=1S/C14H18ClN3O3/c1-9-5-6-10(7-16)8-17(9)14(19)13-11(15)3-2-4-12(13)18(20)21/h2-4,9-10H,5-8,16H2,1H3. The smallest absolute Gasteiger partial charge is 0.283 e. The topological polar surface area (TPSA) is 89.5 Å². The molecular weight excluding hydrogens is 294 g/mol. The Balaban J connectivity index is 2.37. The van der Waals surface area contributed by atoms with Crippen LogP contribution in [0.2, 0.25) is 5.02 Å². The number of carbonyl (C=O) groups is 1. The van der Waals surface area contributed by atoms with E-state index in [1.165, 1.54) is 18.2 Å². The van der Waals surface area contributed by atoms with Crippen LogP contribution in [-0.4, -0.2) is 34.9 Å². The molecule has 2 N–H and O–H groups in total. The highest BCUT2D eigenvalue weighted by molar-refractivity contribution is 6.34. The molecule has 1 aromatic carbocycles. The number of rotatable bonds is 3. The molecule has 114 valence electrons. The van der Waals surface area contributed by atoms with Crippen LogP contribution in [0.3, 0.4) is 0 Å². The second kappa shape index (κ2) is 6.41. The Morgan fingerprint density at radius 2 is 2.24 bits per heavy atom. The summed E-state index contributed by atoms with van der Waals surface area (Å²) in [6.07, 6.45) is 1.80. The molecule has 2 rings (SSSR count). The minimum absolute atomic E-state index is 0.0242. The molecule has 0 bridgehead atoms. The fourth-order valence-corrected chi connectivity index (χ4v) is 2.93. The number of halogens is 1. The van der Waals surface area contributed by atoms with Crippen molar-refractivity contribution in [2.75, 3.05) is 13.1 Å². The summed E-state index contributed by atoms with van der Waals surface area (Å²) < 4.78 is 0. The van der Waals surface area contributed by atoms with E-state index in [1.54, 1.807) is 4.90 Å². The lowest BCUT2D eigenvalue weighted by Crippen LogP contribution is -2.47. The van der Waals surface area contributed by atoms with Gasteiger partial charge in [0.25, 0.3) is 11.6 Å². The summed E-state index contributed by atoms with van der Waals surface area (Å²) in [5.41, 5.74) is 5.40. The molecule has 6 nitrogen and oxygen atoms in total. The highest BCUT2D eigenvalue weighted by Gasteiger charge is 2.33. The zero-order valence-electron chi connectivity index (χ0n) is 11.8. The van der Waals surface area contributed by atoms with E-state index < -0.39 is 10.8 Å². The van der Waals surface area contributed by atoms with Gasteiger partial charge in [0.2, 0.25) is 0 Å². The number of nitrogens with two attached hydrogens (primary N) is 1. The zero-order valence-corrected chi connectivity index (χ0v) is 12.5. The molecule has 0 radical (unpaired) electrons. The normalized spacial score (nSPS) is 22.1. The van der Waals surface area contributed by atoms with E-state index in [0.29, 0.717) is 13.1 Å². The molecule has 2 atom stereocenters. The van der Waals surface area contributed by atoms with Gasteiger partial charge in [-0.15, -0.1) is 0 Å². The van der Waals surface area contributed by atoms with Crippen LogP contribution >= 0.6 is 11.6 Å². The molecule has 1 saturated heterocycles. The molecule has 7 heteroatoms. The molecule has 2 unspecified atom stereocenters. The Kier molecular flexibility index (Phi) is 4.80. The third kappa shape index (κ3) is 3.16. The first-order valence-electron chi connectivity index (χ1n) is 6.89. The van der Waals surface area contributed by atoms with Crippen LogP contribution in [0.15, 0.2) is 18.2 Å². The van der Waals surface area contributed by atoms with E-state index in [9.17, 15) is 14.9 Å². The summed E-state index contributed by atoms with van der Waals surface area (Å²) in [7, 11) is 0. The average Bonchev–Trinajstić information content (AvgIpc) is 2.46. The lowest BCUT2D eigenvalue weighted by atomic mass is 9.93. The van der Waals surface area contributed by atoms with E-state index in [0.717, 1.165) is 12.8 Å². The van der Waals surface area contributed by atoms with Crippen molar-refractivity contribution in [2.45, 2.75) is 25.8 Å². The summed E-state index contributed by atoms with van der Waals surface area (Å²) in [6, 6.07) is 4.29. The summed E-state index contributed by atoms with van der Waals surface area (Å²) in [5.74, 6) is -0.162. The molecule has 1 heterocycles. The van der Waals surface area contributed by atoms with E-state index in [4.69, 9.17) is 17.3 Å². The summed E-state index contributed by atoms with van der Waals surface area (Å²) >= 11 is 6.03. The van der Waals surface area contributed by atoms with Crippen molar-refractivity contribution < 1.29 is 9.72 Å². The first-order chi connectivity index (χ1) is 9.95. The quantitative estimate of drug-likeness (QED) is 0.686. The first-order valence-corrected chi connectivity index (χ1v) is 7.27. The van der Waals surface area contributed by atoms with Crippen LogP contribution in [0.1, 0.15) is 30.1 Å². The van der Waals surface area contributed by atoms with Crippen LogP contribution < -0.4 is 5.73 Å². The van der Waals surface area contributed by atoms with Gasteiger partial charge < -0.3 is 10.6 Å². The number of amides is 1. The van der Waals surface area contributed by atoms with E-state index in [1.807, 2.05) is 6.92 Å². The van der Waals surface area contributed by atoms with Crippen molar-refractivity contribution >= 4 is 23.2 Å². The molecule has 1 aliphatic heterocycles. The Hall–Kier alpha value is -1.66. The van der Waals surface area contributed by atoms with Crippen molar-refractivity contribution in [3.8, 4) is 0 Å². The average molecular weight is 312 g/mol. The molecule has 0 aliphatic carbocycles. The second-order valence-electron chi connectivity index (χ2n) is 5.38. The number of hydrogen-bond acceptors (Lipinski definition) is 4. The SMILES string of the molecule is CC1CCC(CN)CN1C(=O)c1c(Cl)cccc1[N+](=O)[O-]. The Bertz CT molecular complexity index is 564. The van der Waals surface area contributed by atoms with Crippen molar-refractivity contribution in [1.82, 2.24) is 4.90 Å². The van der Waals surface area contributed by atoms with Gasteiger partial charge in [-0.1, -0.05) is 17.7 Å². The predicted molar refractivity (Wildman–Crippen MR) is 80.4 cm³/mol. The van der Waals surface area contributed by atoms with Gasteiger partial charge in [0, 0.05) is 18.7 Å². The molecular formula is C14H18ClN3O3. The fraction of sp³-hybridized carbons (Fsp3) is 0.500. The van der Waals surface area contributed by atoms with Crippen molar-refractivity contribution in [3.05, 3.63) is 38.9 Å². The number of hydrogen-bond donors (Lipinski definition) is 1. The van der Waals surface area contributed by atoms with Gasteiger partial charge in [0.05, 0.1) is 9.95 Å². The van der Waals surface area contributed by atoms with Crippen LogP contribution in [0.4, 0.5) is 5.69 Å². The predicted octanol–water partition coefficient (Wildman–Crippen LogP) is 2.45. The lowest BCUT2D eigenvalue weighted by Gasteiger charge is -2.37. The Morgan fingerprint density at radius 3 is 2.86 bits per heavy atom. The Morgan fingerprint density at radius 1 is 1.52 bits per heavy atom. The minimum atomic E-state index is -0.575. The van der Waals surface area contributed by atoms with Crippen molar-refractivity contribution in [2.24, 2.45) is 11.7 Å². The first kappa shape index (κ1) is 15.7. The zero-order chi connectivity index (χ0) is 15.6. The maximum Gasteiger partial charge on any atom is 0.283 e. The monoisotopic (exact) mass is 311 g/mol. The van der Waals surface area contributed by atoms with Crippen LogP contribution in [0.5, 0.6) is 0 Å². The third-order valence-corrected chi connectivity index (χ3v) is 4.29. The highest BCUT2D eigenvalue weighted by atomic mass is 35.5. The fourth-order valence-electron chi connectivity index (χ4n) is 2.68. The number of nitro groups is 1. The van der Waals surface area contributed by atoms with Crippen LogP contribution in [0, 0.1) is 16.0 Å². The third-order valence-electron chi connectivity index (χ3n) is 3.98. The van der Waals surface area contributed by atoms with Crippen LogP contribution in [0.25, 0.3) is 0 Å². The summed E-state index contributed by atoms with van der Waals surface area (Å²) in [5, 5.41) is 11.2. The molecule has 1 aliphatic rings. The largest absolute Gasteiger partial charge is 0.335 e. The molecule has 1 fully saturated rings. The van der Waals surface area contributed by atoms with Gasteiger partial charge in [-0.3, -0.25) is 14.9 Å². The number of likely N-dealkylation sites (tertiary alicyclic amines) is 1. The molecule has 1 aromatic rings. The number of piperidine rings is 1. The van der Waals surface area contributed by atoms with Gasteiger partial charge in [0.1, 0.15) is 5.56 Å². The number of carbonyl (C=O) groups excluding carboxylic acids is 1. The number of benzene rings is 1. The molecule has 1 amide bonds. The number of nitro benzene ring substituents is 1. The maximum absolute atomic E-state index is 12.7.